The van der Waals surface area contributed by atoms with Crippen LogP contribution in [0.4, 0.5) is 11.4 Å². The van der Waals surface area contributed by atoms with Crippen LogP contribution < -0.4 is 19.7 Å². The summed E-state index contributed by atoms with van der Waals surface area (Å²) in [5.74, 6) is 1.42. The van der Waals surface area contributed by atoms with Gasteiger partial charge in [0, 0.05) is 35.7 Å². The first kappa shape index (κ1) is 23.9. The molecule has 6 nitrogen and oxygen atoms in total. The molecule has 0 unspecified atom stereocenters. The van der Waals surface area contributed by atoms with Crippen LogP contribution in [-0.4, -0.2) is 25.9 Å². The maximum atomic E-state index is 13.8. The Balaban J connectivity index is 2.03. The third kappa shape index (κ3) is 4.41. The zero-order chi connectivity index (χ0) is 24.6. The van der Waals surface area contributed by atoms with Crippen molar-refractivity contribution in [3.63, 3.8) is 0 Å². The minimum atomic E-state index is -0.609. The number of allylic oxidation sites excluding steroid dienone is 1. The average Bonchev–Trinajstić information content (AvgIpc) is 2.91. The van der Waals surface area contributed by atoms with Crippen molar-refractivity contribution in [3.8, 4) is 11.5 Å². The van der Waals surface area contributed by atoms with E-state index in [0.29, 0.717) is 36.3 Å². The topological polar surface area (TPSA) is 67.9 Å². The predicted molar refractivity (Wildman–Crippen MR) is 134 cm³/mol. The third-order valence-electron chi connectivity index (χ3n) is 6.49. The zero-order valence-electron chi connectivity index (χ0n) is 20.9. The number of Topliss-reactive ketones (excluding diaryl/α,β-unsaturated/α-hetero) is 1. The fourth-order valence-electron chi connectivity index (χ4n) is 5.05. The normalized spacial score (nSPS) is 19.2. The number of para-hydroxylation sites is 2. The third-order valence-corrected chi connectivity index (χ3v) is 6.49. The molecule has 1 N–H and O–H groups in total. The lowest BCUT2D eigenvalue weighted by Gasteiger charge is -2.37. The maximum Gasteiger partial charge on any atom is 0.228 e. The molecule has 2 aliphatic rings. The Morgan fingerprint density at radius 3 is 2.53 bits per heavy atom. The van der Waals surface area contributed by atoms with E-state index in [9.17, 15) is 9.59 Å². The van der Waals surface area contributed by atoms with Gasteiger partial charge in [0.05, 0.1) is 31.6 Å². The van der Waals surface area contributed by atoms with E-state index in [0.717, 1.165) is 22.6 Å². The Morgan fingerprint density at radius 2 is 1.85 bits per heavy atom. The highest BCUT2D eigenvalue weighted by atomic mass is 16.5. The summed E-state index contributed by atoms with van der Waals surface area (Å²) in [4.78, 5) is 29.4. The summed E-state index contributed by atoms with van der Waals surface area (Å²) in [6, 6.07) is 12.7. The molecule has 0 saturated heterocycles. The molecule has 0 fully saturated rings. The summed E-state index contributed by atoms with van der Waals surface area (Å²) in [6.07, 6.45) is 1.50. The van der Waals surface area contributed by atoms with Gasteiger partial charge in [-0.1, -0.05) is 39.8 Å². The highest BCUT2D eigenvalue weighted by molar-refractivity contribution is 6.06. The van der Waals surface area contributed by atoms with Crippen LogP contribution in [0, 0.1) is 11.3 Å². The lowest BCUT2D eigenvalue weighted by molar-refractivity contribution is -0.120. The molecule has 2 aromatic rings. The van der Waals surface area contributed by atoms with Crippen molar-refractivity contribution in [3.05, 3.63) is 59.3 Å². The second-order valence-electron chi connectivity index (χ2n) is 10.3. The number of rotatable bonds is 5. The highest BCUT2D eigenvalue weighted by Gasteiger charge is 2.44. The van der Waals surface area contributed by atoms with Gasteiger partial charge in [0.2, 0.25) is 5.91 Å². The number of nitrogens with zero attached hydrogens (tertiary/aromatic N) is 1. The first-order chi connectivity index (χ1) is 16.1. The Hall–Kier alpha value is -3.28. The second kappa shape index (κ2) is 9.16. The number of nitrogens with one attached hydrogen (secondary N) is 1. The standard InChI is InChI=1S/C28H34N2O4/c1-17(2)13-25(32)30-22-10-8-7-9-20(22)29-21-15-28(3,4)16-23(31)26(21)27(30)19-12-11-18(33-5)14-24(19)34-6/h7-12,14,17,27,29H,13,15-16H2,1-6H3/t27-/m1/s1. The van der Waals surface area contributed by atoms with Crippen molar-refractivity contribution < 1.29 is 19.1 Å². The summed E-state index contributed by atoms with van der Waals surface area (Å²) in [7, 11) is 3.20. The molecule has 6 heteroatoms. The number of hydrogen-bond donors (Lipinski definition) is 1. The summed E-state index contributed by atoms with van der Waals surface area (Å²) >= 11 is 0. The minimum absolute atomic E-state index is 0.0292. The largest absolute Gasteiger partial charge is 0.497 e. The summed E-state index contributed by atoms with van der Waals surface area (Å²) < 4.78 is 11.2. The smallest absolute Gasteiger partial charge is 0.228 e. The van der Waals surface area contributed by atoms with Gasteiger partial charge in [0.15, 0.2) is 5.78 Å². The van der Waals surface area contributed by atoms with Crippen LogP contribution in [0.25, 0.3) is 0 Å². The summed E-state index contributed by atoms with van der Waals surface area (Å²) in [6.45, 7) is 8.28. The molecule has 0 radical (unpaired) electrons. The number of anilines is 2. The fourth-order valence-corrected chi connectivity index (χ4v) is 5.05. The van der Waals surface area contributed by atoms with E-state index in [1.165, 1.54) is 0 Å². The van der Waals surface area contributed by atoms with Crippen molar-refractivity contribution >= 4 is 23.1 Å². The zero-order valence-corrected chi connectivity index (χ0v) is 20.9. The van der Waals surface area contributed by atoms with Crippen molar-refractivity contribution in [1.29, 1.82) is 0 Å². The van der Waals surface area contributed by atoms with Crippen LogP contribution in [0.1, 0.15) is 58.6 Å². The number of benzene rings is 2. The fraction of sp³-hybridized carbons (Fsp3) is 0.429. The Morgan fingerprint density at radius 1 is 1.12 bits per heavy atom. The minimum Gasteiger partial charge on any atom is -0.497 e. The average molecular weight is 463 g/mol. The van der Waals surface area contributed by atoms with Crippen LogP contribution in [0.15, 0.2) is 53.7 Å². The number of carbonyl (C=O) groups is 2. The predicted octanol–water partition coefficient (Wildman–Crippen LogP) is 5.89. The number of ether oxygens (including phenoxy) is 2. The van der Waals surface area contributed by atoms with Crippen LogP contribution >= 0.6 is 0 Å². The first-order valence-corrected chi connectivity index (χ1v) is 11.8. The number of methoxy groups -OCH3 is 2. The second-order valence-corrected chi connectivity index (χ2v) is 10.3. The number of hydrogen-bond acceptors (Lipinski definition) is 5. The summed E-state index contributed by atoms with van der Waals surface area (Å²) in [5, 5.41) is 3.54. The molecule has 34 heavy (non-hydrogen) atoms. The van der Waals surface area contributed by atoms with E-state index in [1.54, 1.807) is 19.1 Å². The van der Waals surface area contributed by atoms with Gasteiger partial charge >= 0.3 is 0 Å². The van der Waals surface area contributed by atoms with Crippen LogP contribution in [0.3, 0.4) is 0 Å². The molecule has 2 aromatic carbocycles. The molecule has 0 spiro atoms. The lowest BCUT2D eigenvalue weighted by atomic mass is 9.73. The van der Waals surface area contributed by atoms with Crippen LogP contribution in [-0.2, 0) is 9.59 Å². The van der Waals surface area contributed by atoms with Crippen LogP contribution in [0.2, 0.25) is 0 Å². The summed E-state index contributed by atoms with van der Waals surface area (Å²) in [5.41, 5.74) is 3.68. The van der Waals surface area contributed by atoms with Crippen molar-refractivity contribution in [2.45, 2.75) is 53.0 Å². The number of ketones is 1. The van der Waals surface area contributed by atoms with E-state index in [4.69, 9.17) is 9.47 Å². The molecule has 180 valence electrons. The molecule has 0 aromatic heterocycles. The molecule has 1 aliphatic carbocycles. The van der Waals surface area contributed by atoms with Crippen molar-refractivity contribution in [2.75, 3.05) is 24.4 Å². The molecule has 1 heterocycles. The van der Waals surface area contributed by atoms with E-state index < -0.39 is 6.04 Å². The maximum absolute atomic E-state index is 13.8. The van der Waals surface area contributed by atoms with Gasteiger partial charge in [-0.05, 0) is 42.0 Å². The molecule has 0 saturated carbocycles. The molecule has 1 aliphatic heterocycles. The Bertz CT molecular complexity index is 1150. The molecular weight excluding hydrogens is 428 g/mol. The van der Waals surface area contributed by atoms with Gasteiger partial charge in [0.1, 0.15) is 11.5 Å². The van der Waals surface area contributed by atoms with Gasteiger partial charge < -0.3 is 14.8 Å². The highest BCUT2D eigenvalue weighted by Crippen LogP contribution is 2.50. The van der Waals surface area contributed by atoms with E-state index >= 15 is 0 Å². The Labute approximate surface area is 201 Å². The van der Waals surface area contributed by atoms with E-state index in [-0.39, 0.29) is 23.0 Å². The Kier molecular flexibility index (Phi) is 6.43. The molecule has 1 amide bonds. The van der Waals surface area contributed by atoms with E-state index in [2.05, 4.69) is 19.2 Å². The van der Waals surface area contributed by atoms with E-state index in [1.807, 2.05) is 56.3 Å². The number of amides is 1. The van der Waals surface area contributed by atoms with Crippen LogP contribution in [0.5, 0.6) is 11.5 Å². The van der Waals surface area contributed by atoms with Gasteiger partial charge in [0.25, 0.3) is 0 Å². The van der Waals surface area contributed by atoms with Gasteiger partial charge in [-0.15, -0.1) is 0 Å². The lowest BCUT2D eigenvalue weighted by Crippen LogP contribution is -2.40. The monoisotopic (exact) mass is 462 g/mol. The molecule has 1 atom stereocenters. The molecule has 4 rings (SSSR count). The number of carbonyl (C=O) groups excluding carboxylic acids is 2. The molecule has 0 bridgehead atoms. The van der Waals surface area contributed by atoms with Crippen molar-refractivity contribution in [2.24, 2.45) is 11.3 Å². The molecular formula is C28H34N2O4. The van der Waals surface area contributed by atoms with Gasteiger partial charge in [-0.25, -0.2) is 0 Å². The first-order valence-electron chi connectivity index (χ1n) is 11.8. The number of fused-ring (bicyclic) bond motifs is 1. The SMILES string of the molecule is COc1ccc([C@@H]2C3=C(CC(C)(C)CC3=O)Nc3ccccc3N2C(=O)CC(C)C)c(OC)c1. The van der Waals surface area contributed by atoms with Gasteiger partial charge in [-0.2, -0.15) is 0 Å². The van der Waals surface area contributed by atoms with Gasteiger partial charge in [-0.3, -0.25) is 14.5 Å². The quantitative estimate of drug-likeness (QED) is 0.600. The van der Waals surface area contributed by atoms with Crippen molar-refractivity contribution in [1.82, 2.24) is 0 Å².